The van der Waals surface area contributed by atoms with Gasteiger partial charge < -0.3 is 15.2 Å². The lowest BCUT2D eigenvalue weighted by Gasteiger charge is -2.07. The molecule has 0 bridgehead atoms. The molecule has 5 nitrogen and oxygen atoms in total. The Bertz CT molecular complexity index is 648. The maximum atomic E-state index is 11.4. The van der Waals surface area contributed by atoms with Crippen LogP contribution in [0.2, 0.25) is 0 Å². The summed E-state index contributed by atoms with van der Waals surface area (Å²) in [6, 6.07) is 16.1. The van der Waals surface area contributed by atoms with Crippen molar-refractivity contribution in [3.63, 3.8) is 0 Å². The third-order valence-electron chi connectivity index (χ3n) is 2.48. The Morgan fingerprint density at radius 3 is 2.14 bits per heavy atom. The number of carboxylic acids is 1. The molecule has 0 spiro atoms. The van der Waals surface area contributed by atoms with Gasteiger partial charge in [-0.2, -0.15) is 0 Å². The van der Waals surface area contributed by atoms with Crippen molar-refractivity contribution in [3.05, 3.63) is 66.7 Å². The van der Waals surface area contributed by atoms with Gasteiger partial charge in [-0.1, -0.05) is 18.2 Å². The molecular weight excluding hydrogens is 270 g/mol. The molecule has 0 radical (unpaired) electrons. The van der Waals surface area contributed by atoms with Gasteiger partial charge in [0.15, 0.2) is 0 Å². The van der Waals surface area contributed by atoms with Crippen LogP contribution in [0.3, 0.4) is 0 Å². The number of amides is 1. The number of rotatable bonds is 5. The van der Waals surface area contributed by atoms with E-state index in [1.807, 2.05) is 30.3 Å². The maximum absolute atomic E-state index is 11.4. The van der Waals surface area contributed by atoms with Gasteiger partial charge in [0.2, 0.25) is 5.91 Å². The minimum absolute atomic E-state index is 0.505. The number of carboxylic acid groups (broad SMARTS) is 1. The topological polar surface area (TPSA) is 75.6 Å². The molecule has 0 fully saturated rings. The summed E-state index contributed by atoms with van der Waals surface area (Å²) >= 11 is 0. The molecule has 0 saturated heterocycles. The van der Waals surface area contributed by atoms with Crippen molar-refractivity contribution in [2.45, 2.75) is 0 Å². The number of anilines is 1. The summed E-state index contributed by atoms with van der Waals surface area (Å²) in [6.07, 6.45) is 1.74. The van der Waals surface area contributed by atoms with E-state index >= 15 is 0 Å². The molecule has 2 N–H and O–H groups in total. The van der Waals surface area contributed by atoms with E-state index in [-0.39, 0.29) is 0 Å². The molecule has 0 atom stereocenters. The van der Waals surface area contributed by atoms with E-state index in [1.165, 1.54) is 0 Å². The highest BCUT2D eigenvalue weighted by Gasteiger charge is 2.00. The number of carbonyl (C=O) groups excluding carboxylic acids is 1. The fraction of sp³-hybridized carbons (Fsp3) is 0. The van der Waals surface area contributed by atoms with E-state index in [0.29, 0.717) is 11.4 Å². The van der Waals surface area contributed by atoms with Gasteiger partial charge in [0.05, 0.1) is 0 Å². The molecule has 0 heterocycles. The molecule has 0 aliphatic heterocycles. The van der Waals surface area contributed by atoms with E-state index < -0.39 is 11.9 Å². The summed E-state index contributed by atoms with van der Waals surface area (Å²) in [7, 11) is 0. The van der Waals surface area contributed by atoms with Gasteiger partial charge in [0, 0.05) is 17.8 Å². The predicted molar refractivity (Wildman–Crippen MR) is 78.4 cm³/mol. The van der Waals surface area contributed by atoms with Gasteiger partial charge in [-0.25, -0.2) is 4.79 Å². The summed E-state index contributed by atoms with van der Waals surface area (Å²) in [5.41, 5.74) is 0.551. The number of carbonyl (C=O) groups is 2. The van der Waals surface area contributed by atoms with Crippen molar-refractivity contribution in [2.24, 2.45) is 0 Å². The molecule has 0 aliphatic rings. The van der Waals surface area contributed by atoms with E-state index in [2.05, 4.69) is 5.32 Å². The SMILES string of the molecule is O=C(O)/C=C/C(=O)Nc1ccc(Oc2ccccc2)cc1. The normalized spacial score (nSPS) is 10.3. The van der Waals surface area contributed by atoms with Gasteiger partial charge in [0.1, 0.15) is 11.5 Å². The van der Waals surface area contributed by atoms with Crippen molar-refractivity contribution in [2.75, 3.05) is 5.32 Å². The second-order valence-electron chi connectivity index (χ2n) is 4.10. The van der Waals surface area contributed by atoms with Crippen LogP contribution in [0.15, 0.2) is 66.7 Å². The minimum Gasteiger partial charge on any atom is -0.478 e. The first-order chi connectivity index (χ1) is 10.1. The van der Waals surface area contributed by atoms with Crippen LogP contribution in [0.1, 0.15) is 0 Å². The second-order valence-corrected chi connectivity index (χ2v) is 4.10. The highest BCUT2D eigenvalue weighted by molar-refractivity contribution is 6.02. The highest BCUT2D eigenvalue weighted by Crippen LogP contribution is 2.22. The number of ether oxygens (including phenoxy) is 1. The van der Waals surface area contributed by atoms with Gasteiger partial charge in [-0.05, 0) is 36.4 Å². The second kappa shape index (κ2) is 6.91. The zero-order valence-corrected chi connectivity index (χ0v) is 11.0. The summed E-state index contributed by atoms with van der Waals surface area (Å²) in [4.78, 5) is 21.7. The fourth-order valence-electron chi connectivity index (χ4n) is 1.56. The molecule has 0 aliphatic carbocycles. The standard InChI is InChI=1S/C16H13NO4/c18-15(10-11-16(19)20)17-12-6-8-14(9-7-12)21-13-4-2-1-3-5-13/h1-11H,(H,17,18)(H,19,20)/b11-10+. The van der Waals surface area contributed by atoms with E-state index in [1.54, 1.807) is 24.3 Å². The van der Waals surface area contributed by atoms with Gasteiger partial charge in [0.25, 0.3) is 0 Å². The molecule has 0 aromatic heterocycles. The number of nitrogens with one attached hydrogen (secondary N) is 1. The van der Waals surface area contributed by atoms with Crippen molar-refractivity contribution in [1.82, 2.24) is 0 Å². The van der Waals surface area contributed by atoms with Crippen LogP contribution in [0, 0.1) is 0 Å². The Morgan fingerprint density at radius 1 is 0.905 bits per heavy atom. The zero-order chi connectivity index (χ0) is 15.1. The third-order valence-corrected chi connectivity index (χ3v) is 2.48. The molecule has 0 saturated carbocycles. The Morgan fingerprint density at radius 2 is 1.52 bits per heavy atom. The molecular formula is C16H13NO4. The quantitative estimate of drug-likeness (QED) is 0.827. The average molecular weight is 283 g/mol. The van der Waals surface area contributed by atoms with Gasteiger partial charge >= 0.3 is 5.97 Å². The first-order valence-corrected chi connectivity index (χ1v) is 6.18. The van der Waals surface area contributed by atoms with Crippen molar-refractivity contribution < 1.29 is 19.4 Å². The summed E-state index contributed by atoms with van der Waals surface area (Å²) in [6.45, 7) is 0. The Kier molecular flexibility index (Phi) is 4.71. The summed E-state index contributed by atoms with van der Waals surface area (Å²) < 4.78 is 5.61. The van der Waals surface area contributed by atoms with Crippen LogP contribution in [0.25, 0.3) is 0 Å². The lowest BCUT2D eigenvalue weighted by Crippen LogP contribution is -2.08. The Labute approximate surface area is 121 Å². The number of aliphatic carboxylic acids is 1. The molecule has 1 amide bonds. The van der Waals surface area contributed by atoms with Gasteiger partial charge in [-0.15, -0.1) is 0 Å². The van der Waals surface area contributed by atoms with Gasteiger partial charge in [-0.3, -0.25) is 4.79 Å². The smallest absolute Gasteiger partial charge is 0.328 e. The monoisotopic (exact) mass is 283 g/mol. The molecule has 0 unspecified atom stereocenters. The highest BCUT2D eigenvalue weighted by atomic mass is 16.5. The number of para-hydroxylation sites is 1. The van der Waals surface area contributed by atoms with E-state index in [9.17, 15) is 9.59 Å². The first-order valence-electron chi connectivity index (χ1n) is 6.18. The third kappa shape index (κ3) is 4.83. The van der Waals surface area contributed by atoms with Crippen molar-refractivity contribution in [3.8, 4) is 11.5 Å². The van der Waals surface area contributed by atoms with Crippen molar-refractivity contribution >= 4 is 17.6 Å². The number of hydrogen-bond donors (Lipinski definition) is 2. The number of hydrogen-bond acceptors (Lipinski definition) is 3. The molecule has 2 aromatic carbocycles. The Hall–Kier alpha value is -3.08. The fourth-order valence-corrected chi connectivity index (χ4v) is 1.56. The minimum atomic E-state index is -1.17. The first kappa shape index (κ1) is 14.3. The lowest BCUT2D eigenvalue weighted by atomic mass is 10.3. The maximum Gasteiger partial charge on any atom is 0.328 e. The predicted octanol–water partition coefficient (Wildman–Crippen LogP) is 3.06. The zero-order valence-electron chi connectivity index (χ0n) is 11.0. The lowest BCUT2D eigenvalue weighted by molar-refractivity contribution is -0.131. The van der Waals surface area contributed by atoms with Crippen LogP contribution in [0.4, 0.5) is 5.69 Å². The number of benzene rings is 2. The van der Waals surface area contributed by atoms with Crippen LogP contribution < -0.4 is 10.1 Å². The van der Waals surface area contributed by atoms with Crippen molar-refractivity contribution in [1.29, 1.82) is 0 Å². The molecule has 5 heteroatoms. The molecule has 106 valence electrons. The molecule has 2 rings (SSSR count). The van der Waals surface area contributed by atoms with Crippen LogP contribution in [0.5, 0.6) is 11.5 Å². The Balaban J connectivity index is 1.96. The molecule has 21 heavy (non-hydrogen) atoms. The molecule has 2 aromatic rings. The largest absolute Gasteiger partial charge is 0.478 e. The van der Waals surface area contributed by atoms with E-state index in [4.69, 9.17) is 9.84 Å². The summed E-state index contributed by atoms with van der Waals surface area (Å²) in [5, 5.41) is 11.0. The van der Waals surface area contributed by atoms with Crippen LogP contribution >= 0.6 is 0 Å². The average Bonchev–Trinajstić information content (AvgIpc) is 2.48. The van der Waals surface area contributed by atoms with Crippen LogP contribution in [-0.4, -0.2) is 17.0 Å². The summed E-state index contributed by atoms with van der Waals surface area (Å²) in [5.74, 6) is -0.315. The van der Waals surface area contributed by atoms with E-state index in [0.717, 1.165) is 17.9 Å². The van der Waals surface area contributed by atoms with Crippen LogP contribution in [-0.2, 0) is 9.59 Å².